The van der Waals surface area contributed by atoms with Crippen molar-refractivity contribution in [1.82, 2.24) is 9.80 Å². The van der Waals surface area contributed by atoms with Crippen molar-refractivity contribution in [3.05, 3.63) is 0 Å². The smallest absolute Gasteiger partial charge is 0.170 e. The Morgan fingerprint density at radius 1 is 0.917 bits per heavy atom. The van der Waals surface area contributed by atoms with Gasteiger partial charge in [0.15, 0.2) is 6.29 Å². The number of hydrogen-bond donors (Lipinski definition) is 3. The lowest BCUT2D eigenvalue weighted by Crippen LogP contribution is -2.64. The van der Waals surface area contributed by atoms with Crippen molar-refractivity contribution in [2.45, 2.75) is 168 Å². The summed E-state index contributed by atoms with van der Waals surface area (Å²) in [6, 6.07) is 1.30. The van der Waals surface area contributed by atoms with Crippen LogP contribution in [-0.2, 0) is 14.2 Å². The molecule has 8 fully saturated rings. The van der Waals surface area contributed by atoms with Crippen LogP contribution in [0.2, 0.25) is 0 Å². The van der Waals surface area contributed by atoms with Crippen molar-refractivity contribution in [3.63, 3.8) is 0 Å². The highest BCUT2D eigenvalue weighted by atomic mass is 16.7. The molecule has 0 aromatic heterocycles. The third kappa shape index (κ3) is 5.59. The van der Waals surface area contributed by atoms with Gasteiger partial charge in [-0.2, -0.15) is 0 Å². The fourth-order valence-electron chi connectivity index (χ4n) is 13.6. The maximum Gasteiger partial charge on any atom is 0.170 e. The first kappa shape index (κ1) is 36.1. The molecule has 3 aliphatic heterocycles. The molecule has 0 bridgehead atoms. The summed E-state index contributed by atoms with van der Waals surface area (Å²) in [4.78, 5) is 5.21. The molecule has 5 aliphatic carbocycles. The molecule has 3 heterocycles. The average Bonchev–Trinajstić information content (AvgIpc) is 3.57. The van der Waals surface area contributed by atoms with E-state index in [2.05, 4.69) is 44.4 Å². The predicted octanol–water partition coefficient (Wildman–Crippen LogP) is 5.46. The van der Waals surface area contributed by atoms with Crippen LogP contribution in [0.1, 0.15) is 120 Å². The molecule has 8 unspecified atom stereocenters. The summed E-state index contributed by atoms with van der Waals surface area (Å²) < 4.78 is 20.0. The zero-order chi connectivity index (χ0) is 34.4. The van der Waals surface area contributed by atoms with E-state index < -0.39 is 11.7 Å². The Morgan fingerprint density at radius 2 is 1.62 bits per heavy atom. The molecule has 0 amide bonds. The number of nitrogens with zero attached hydrogens (tertiary/aromatic N) is 2. The summed E-state index contributed by atoms with van der Waals surface area (Å²) in [6.45, 7) is 22.8. The largest absolute Gasteiger partial charge is 0.397 e. The maximum absolute atomic E-state index is 10.9. The molecule has 8 rings (SSSR count). The first-order chi connectivity index (χ1) is 22.6. The minimum absolute atomic E-state index is 0.0920. The van der Waals surface area contributed by atoms with Gasteiger partial charge < -0.3 is 29.5 Å². The number of aliphatic hydroxyl groups excluding tert-OH is 2. The van der Waals surface area contributed by atoms with Gasteiger partial charge in [-0.3, -0.25) is 9.80 Å². The highest BCUT2D eigenvalue weighted by Crippen LogP contribution is 2.87. The van der Waals surface area contributed by atoms with Gasteiger partial charge in [-0.1, -0.05) is 20.8 Å². The number of rotatable bonds is 6. The Labute approximate surface area is 291 Å². The van der Waals surface area contributed by atoms with Gasteiger partial charge in [-0.05, 0) is 144 Å². The molecule has 8 aliphatic rings. The van der Waals surface area contributed by atoms with Crippen LogP contribution in [0.4, 0.5) is 0 Å². The van der Waals surface area contributed by atoms with Crippen LogP contribution in [0.3, 0.4) is 0 Å². The molecule has 2 spiro atoms. The number of fused-ring (bicyclic) bond motifs is 4. The van der Waals surface area contributed by atoms with E-state index in [1.54, 1.807) is 20.8 Å². The van der Waals surface area contributed by atoms with Crippen molar-refractivity contribution in [2.24, 2.45) is 45.3 Å². The van der Waals surface area contributed by atoms with Crippen molar-refractivity contribution in [1.29, 1.82) is 0 Å². The number of aliphatic hydroxyl groups is 3. The van der Waals surface area contributed by atoms with Crippen LogP contribution in [0, 0.1) is 45.3 Å². The molecule has 0 aromatic carbocycles. The molecule has 276 valence electrons. The monoisotopic (exact) mass is 675 g/mol. The van der Waals surface area contributed by atoms with Crippen LogP contribution < -0.4 is 0 Å². The third-order valence-corrected chi connectivity index (χ3v) is 16.2. The van der Waals surface area contributed by atoms with Gasteiger partial charge in [0.05, 0.1) is 30.5 Å². The normalized spacial score (nSPS) is 47.8. The van der Waals surface area contributed by atoms with E-state index in [0.29, 0.717) is 34.2 Å². The van der Waals surface area contributed by atoms with Crippen LogP contribution in [0.25, 0.3) is 0 Å². The minimum atomic E-state index is -1.13. The number of likely N-dealkylation sites (tertiary alicyclic amines) is 1. The summed E-state index contributed by atoms with van der Waals surface area (Å²) in [7, 11) is 0. The first-order valence-electron chi connectivity index (χ1n) is 20.0. The average molecular weight is 675 g/mol. The molecular weight excluding hydrogens is 604 g/mol. The molecule has 3 N–H and O–H groups in total. The van der Waals surface area contributed by atoms with E-state index in [1.807, 2.05) is 0 Å². The van der Waals surface area contributed by atoms with E-state index in [1.165, 1.54) is 58.0 Å². The molecule has 12 atom stereocenters. The van der Waals surface area contributed by atoms with E-state index in [4.69, 9.17) is 19.3 Å². The van der Waals surface area contributed by atoms with Crippen LogP contribution >= 0.6 is 0 Å². The molecule has 3 saturated heterocycles. The number of hydrogen-bond acceptors (Lipinski definition) is 8. The number of ether oxygens (including phenoxy) is 3. The van der Waals surface area contributed by atoms with Crippen LogP contribution in [0.5, 0.6) is 0 Å². The van der Waals surface area contributed by atoms with Gasteiger partial charge in [-0.15, -0.1) is 0 Å². The van der Waals surface area contributed by atoms with Gasteiger partial charge in [0.1, 0.15) is 6.10 Å². The zero-order valence-electron chi connectivity index (χ0n) is 31.6. The van der Waals surface area contributed by atoms with Crippen LogP contribution in [0.15, 0.2) is 0 Å². The SMILES string of the molecule is CC(C)N1CC(N2CCOC(O[C@H]3CC[C@]45CC46CC[C@]4(C)C7CCC([C@H](O)C(C)(C)O)OC7CC4C6CCC5C3(C)C)C2)C1.CCO. The summed E-state index contributed by atoms with van der Waals surface area (Å²) in [5.41, 5.74) is 0.415. The van der Waals surface area contributed by atoms with Gasteiger partial charge in [0, 0.05) is 44.9 Å². The molecule has 5 saturated carbocycles. The van der Waals surface area contributed by atoms with Gasteiger partial charge in [0.25, 0.3) is 0 Å². The molecule has 0 aromatic rings. The van der Waals surface area contributed by atoms with Gasteiger partial charge in [0.2, 0.25) is 0 Å². The second-order valence-corrected chi connectivity index (χ2v) is 19.4. The standard InChI is InChI=1S/C38H64N2O5.C2H6O/c1-23(2)40-19-24(20-40)39-16-17-43-32(21-39)45-31-12-13-38-22-37(38)15-14-36(7)26-8-10-28(33(41)35(5,6)42)44-29(26)18-27(36)25(37)9-11-30(38)34(31,3)4;1-2-3/h23-33,41-42H,8-22H2,1-7H3;3H,2H2,1H3/t25?,26?,27?,28?,29?,30?,31-,32?,33-,36+,37?,38+;/m0./s1. The number of morpholine rings is 1. The molecule has 0 radical (unpaired) electrons. The predicted molar refractivity (Wildman–Crippen MR) is 187 cm³/mol. The lowest BCUT2D eigenvalue weighted by Gasteiger charge is -2.60. The molecule has 8 heteroatoms. The fourth-order valence-corrected chi connectivity index (χ4v) is 13.6. The highest BCUT2D eigenvalue weighted by Gasteiger charge is 2.80. The van der Waals surface area contributed by atoms with E-state index in [0.717, 1.165) is 56.7 Å². The van der Waals surface area contributed by atoms with Crippen molar-refractivity contribution in [2.75, 3.05) is 39.4 Å². The Bertz CT molecular complexity index is 1150. The Hall–Kier alpha value is -0.320. The minimum Gasteiger partial charge on any atom is -0.397 e. The molecular formula is C40H70N2O6. The van der Waals surface area contributed by atoms with Crippen molar-refractivity contribution >= 4 is 0 Å². The zero-order valence-corrected chi connectivity index (χ0v) is 31.6. The van der Waals surface area contributed by atoms with Gasteiger partial charge >= 0.3 is 0 Å². The Morgan fingerprint density at radius 3 is 2.31 bits per heavy atom. The lowest BCUT2D eigenvalue weighted by molar-refractivity contribution is -0.250. The van der Waals surface area contributed by atoms with Crippen LogP contribution in [-0.4, -0.2) is 113 Å². The summed E-state index contributed by atoms with van der Waals surface area (Å²) in [5, 5.41) is 29.0. The first-order valence-corrected chi connectivity index (χ1v) is 20.0. The van der Waals surface area contributed by atoms with Crippen molar-refractivity contribution in [3.8, 4) is 0 Å². The van der Waals surface area contributed by atoms with Crippen molar-refractivity contribution < 1.29 is 29.5 Å². The summed E-state index contributed by atoms with van der Waals surface area (Å²) in [5.74, 6) is 2.88. The third-order valence-electron chi connectivity index (χ3n) is 16.2. The maximum atomic E-state index is 10.9. The van der Waals surface area contributed by atoms with E-state index >= 15 is 0 Å². The summed E-state index contributed by atoms with van der Waals surface area (Å²) >= 11 is 0. The second kappa shape index (κ2) is 12.7. The quantitative estimate of drug-likeness (QED) is 0.342. The topological polar surface area (TPSA) is 94.9 Å². The lowest BCUT2D eigenvalue weighted by atomic mass is 9.46. The fraction of sp³-hybridized carbons (Fsp3) is 1.00. The highest BCUT2D eigenvalue weighted by molar-refractivity contribution is 5.29. The van der Waals surface area contributed by atoms with E-state index in [-0.39, 0.29) is 36.6 Å². The van der Waals surface area contributed by atoms with Gasteiger partial charge in [-0.25, -0.2) is 0 Å². The Kier molecular flexibility index (Phi) is 9.52. The summed E-state index contributed by atoms with van der Waals surface area (Å²) in [6.07, 6.45) is 11.9. The Balaban J connectivity index is 0.00000117. The second-order valence-electron chi connectivity index (χ2n) is 19.4. The molecule has 48 heavy (non-hydrogen) atoms. The molecule has 8 nitrogen and oxygen atoms in total. The van der Waals surface area contributed by atoms with E-state index in [9.17, 15) is 10.2 Å².